The highest BCUT2D eigenvalue weighted by Gasteiger charge is 2.36. The zero-order valence-electron chi connectivity index (χ0n) is 14.1. The molecule has 0 spiro atoms. The fourth-order valence-electron chi connectivity index (χ4n) is 2.77. The smallest absolute Gasteiger partial charge is 0.356 e. The van der Waals surface area contributed by atoms with Gasteiger partial charge in [-0.1, -0.05) is 18.5 Å². The Morgan fingerprint density at radius 1 is 1.31 bits per heavy atom. The number of piperidine rings is 1. The van der Waals surface area contributed by atoms with Gasteiger partial charge in [0.2, 0.25) is 15.9 Å². The lowest BCUT2D eigenvalue weighted by molar-refractivity contribution is -0.137. The number of hydrogen-bond donors (Lipinski definition) is 1. The highest BCUT2D eigenvalue weighted by molar-refractivity contribution is 7.89. The van der Waals surface area contributed by atoms with Crippen molar-refractivity contribution in [2.45, 2.75) is 37.3 Å². The van der Waals surface area contributed by atoms with Crippen LogP contribution in [0.15, 0.2) is 23.1 Å². The Hall–Kier alpha value is -1.32. The van der Waals surface area contributed by atoms with Crippen LogP contribution in [0, 0.1) is 5.92 Å². The first-order valence-corrected chi connectivity index (χ1v) is 10.0. The predicted octanol–water partition coefficient (Wildman–Crippen LogP) is 3.29. The summed E-state index contributed by atoms with van der Waals surface area (Å²) in [5.41, 5.74) is -1.07. The third-order valence-electron chi connectivity index (χ3n) is 4.25. The van der Waals surface area contributed by atoms with Crippen molar-refractivity contribution in [2.24, 2.45) is 5.92 Å². The number of hydrogen-bond acceptors (Lipinski definition) is 3. The molecule has 10 heteroatoms. The van der Waals surface area contributed by atoms with E-state index >= 15 is 0 Å². The normalized spacial score (nSPS) is 17.3. The molecule has 1 aliphatic rings. The molecule has 0 unspecified atom stereocenters. The molecule has 26 heavy (non-hydrogen) atoms. The van der Waals surface area contributed by atoms with E-state index < -0.39 is 26.7 Å². The molecule has 0 saturated carbocycles. The summed E-state index contributed by atoms with van der Waals surface area (Å²) >= 11 is 5.85. The number of carbonyl (C=O) groups is 1. The fraction of sp³-hybridized carbons (Fsp3) is 0.562. The second-order valence-electron chi connectivity index (χ2n) is 6.11. The van der Waals surface area contributed by atoms with E-state index in [2.05, 4.69) is 5.32 Å². The summed E-state index contributed by atoms with van der Waals surface area (Å²) in [6.45, 7) is 2.59. The Balaban J connectivity index is 2.16. The molecule has 5 nitrogen and oxygen atoms in total. The SMILES string of the molecule is CCCNC(=O)C1CCN(S(=O)(=O)c2cc(C(F)(F)F)ccc2Cl)CC1. The molecule has 0 radical (unpaired) electrons. The third-order valence-corrected chi connectivity index (χ3v) is 6.63. The molecule has 0 aromatic heterocycles. The van der Waals surface area contributed by atoms with Crippen molar-refractivity contribution in [1.29, 1.82) is 0 Å². The van der Waals surface area contributed by atoms with Crippen molar-refractivity contribution in [2.75, 3.05) is 19.6 Å². The summed E-state index contributed by atoms with van der Waals surface area (Å²) in [4.78, 5) is 11.4. The van der Waals surface area contributed by atoms with Crippen molar-refractivity contribution in [3.63, 3.8) is 0 Å². The maximum absolute atomic E-state index is 12.9. The zero-order chi connectivity index (χ0) is 19.5. The molecule has 0 aliphatic carbocycles. The summed E-state index contributed by atoms with van der Waals surface area (Å²) in [7, 11) is -4.17. The van der Waals surface area contributed by atoms with Crippen molar-refractivity contribution in [3.8, 4) is 0 Å². The van der Waals surface area contributed by atoms with Crippen LogP contribution in [-0.4, -0.2) is 38.3 Å². The van der Waals surface area contributed by atoms with Crippen LogP contribution < -0.4 is 5.32 Å². The van der Waals surface area contributed by atoms with Crippen LogP contribution in [0.4, 0.5) is 13.2 Å². The highest BCUT2D eigenvalue weighted by atomic mass is 35.5. The second kappa shape index (κ2) is 8.14. The lowest BCUT2D eigenvalue weighted by atomic mass is 9.97. The monoisotopic (exact) mass is 412 g/mol. The molecule has 0 atom stereocenters. The first-order valence-electron chi connectivity index (χ1n) is 8.22. The summed E-state index contributed by atoms with van der Waals surface area (Å²) in [5, 5.41) is 2.50. The third kappa shape index (κ3) is 4.69. The van der Waals surface area contributed by atoms with Gasteiger partial charge in [0, 0.05) is 25.6 Å². The van der Waals surface area contributed by atoms with E-state index in [-0.39, 0.29) is 29.9 Å². The van der Waals surface area contributed by atoms with Crippen molar-refractivity contribution in [3.05, 3.63) is 28.8 Å². The molecule has 2 rings (SSSR count). The van der Waals surface area contributed by atoms with Crippen LogP contribution in [-0.2, 0) is 21.0 Å². The largest absolute Gasteiger partial charge is 0.416 e. The number of halogens is 4. The summed E-state index contributed by atoms with van der Waals surface area (Å²) in [6.07, 6.45) is -3.25. The maximum Gasteiger partial charge on any atom is 0.416 e. The van der Waals surface area contributed by atoms with E-state index in [0.29, 0.717) is 25.5 Å². The Bertz CT molecular complexity index is 760. The predicted molar refractivity (Wildman–Crippen MR) is 91.2 cm³/mol. The number of nitrogens with one attached hydrogen (secondary N) is 1. The Morgan fingerprint density at radius 3 is 2.46 bits per heavy atom. The van der Waals surface area contributed by atoms with Gasteiger partial charge in [-0.15, -0.1) is 0 Å². The quantitative estimate of drug-likeness (QED) is 0.807. The molecular formula is C16H20ClF3N2O3S. The molecular weight excluding hydrogens is 393 g/mol. The molecule has 1 aromatic rings. The number of carbonyl (C=O) groups excluding carboxylic acids is 1. The standard InChI is InChI=1S/C16H20ClF3N2O3S/c1-2-7-21-15(23)11-5-8-22(9-6-11)26(24,25)14-10-12(16(18,19)20)3-4-13(14)17/h3-4,10-11H,2,5-9H2,1H3,(H,21,23). The average Bonchev–Trinajstić information content (AvgIpc) is 2.59. The van der Waals surface area contributed by atoms with E-state index in [0.717, 1.165) is 22.9 Å². The van der Waals surface area contributed by atoms with Gasteiger partial charge in [0.25, 0.3) is 0 Å². The first kappa shape index (κ1) is 21.0. The van der Waals surface area contributed by atoms with E-state index in [1.165, 1.54) is 0 Å². The topological polar surface area (TPSA) is 66.5 Å². The van der Waals surface area contributed by atoms with Crippen molar-refractivity contribution >= 4 is 27.5 Å². The number of nitrogens with zero attached hydrogens (tertiary/aromatic N) is 1. The van der Waals surface area contributed by atoms with Gasteiger partial charge in [-0.25, -0.2) is 8.42 Å². The number of alkyl halides is 3. The van der Waals surface area contributed by atoms with Gasteiger partial charge in [0.15, 0.2) is 0 Å². The van der Waals surface area contributed by atoms with Crippen molar-refractivity contribution in [1.82, 2.24) is 9.62 Å². The summed E-state index contributed by atoms with van der Waals surface area (Å²) in [6, 6.07) is 2.23. The van der Waals surface area contributed by atoms with Gasteiger partial charge >= 0.3 is 6.18 Å². The lowest BCUT2D eigenvalue weighted by Gasteiger charge is -2.30. The van der Waals surface area contributed by atoms with Crippen LogP contribution in [0.25, 0.3) is 0 Å². The Morgan fingerprint density at radius 2 is 1.92 bits per heavy atom. The minimum atomic E-state index is -4.67. The molecule has 1 aromatic carbocycles. The van der Waals surface area contributed by atoms with Crippen molar-refractivity contribution < 1.29 is 26.4 Å². The molecule has 1 N–H and O–H groups in total. The minimum absolute atomic E-state index is 0.0547. The highest BCUT2D eigenvalue weighted by Crippen LogP contribution is 2.35. The number of benzene rings is 1. The Labute approximate surface area is 155 Å². The first-order chi connectivity index (χ1) is 12.1. The van der Waals surface area contributed by atoms with Gasteiger partial charge in [-0.05, 0) is 37.5 Å². The fourth-order valence-corrected chi connectivity index (χ4v) is 4.74. The van der Waals surface area contributed by atoms with Crippen LogP contribution >= 0.6 is 11.6 Å². The molecule has 1 aliphatic heterocycles. The number of rotatable bonds is 5. The minimum Gasteiger partial charge on any atom is -0.356 e. The van der Waals surface area contributed by atoms with Gasteiger partial charge in [0.1, 0.15) is 4.90 Å². The summed E-state index contributed by atoms with van der Waals surface area (Å²) in [5.74, 6) is -0.425. The van der Waals surface area contributed by atoms with Crippen LogP contribution in [0.1, 0.15) is 31.7 Å². The summed E-state index contributed by atoms with van der Waals surface area (Å²) < 4.78 is 65.1. The number of amides is 1. The van der Waals surface area contributed by atoms with Crippen LogP contribution in [0.5, 0.6) is 0 Å². The molecule has 146 valence electrons. The van der Waals surface area contributed by atoms with E-state index in [4.69, 9.17) is 11.6 Å². The van der Waals surface area contributed by atoms with Crippen LogP contribution in [0.3, 0.4) is 0 Å². The molecule has 1 saturated heterocycles. The van der Waals surface area contributed by atoms with E-state index in [9.17, 15) is 26.4 Å². The molecule has 1 heterocycles. The van der Waals surface area contributed by atoms with Gasteiger partial charge in [-0.2, -0.15) is 17.5 Å². The zero-order valence-corrected chi connectivity index (χ0v) is 15.7. The van der Waals surface area contributed by atoms with Gasteiger partial charge in [-0.3, -0.25) is 4.79 Å². The second-order valence-corrected chi connectivity index (χ2v) is 8.43. The van der Waals surface area contributed by atoms with Crippen LogP contribution in [0.2, 0.25) is 5.02 Å². The molecule has 1 fully saturated rings. The van der Waals surface area contributed by atoms with E-state index in [1.807, 2.05) is 6.92 Å². The molecule has 0 bridgehead atoms. The lowest BCUT2D eigenvalue weighted by Crippen LogP contribution is -2.43. The van der Waals surface area contributed by atoms with Gasteiger partial charge < -0.3 is 5.32 Å². The Kier molecular flexibility index (Phi) is 6.57. The molecule has 1 amide bonds. The number of sulfonamides is 1. The average molecular weight is 413 g/mol. The van der Waals surface area contributed by atoms with E-state index in [1.54, 1.807) is 0 Å². The maximum atomic E-state index is 12.9. The van der Waals surface area contributed by atoms with Gasteiger partial charge in [0.05, 0.1) is 10.6 Å².